The maximum Gasteiger partial charge on any atom is 0.292 e. The molecule has 5 nitrogen and oxygen atoms in total. The summed E-state index contributed by atoms with van der Waals surface area (Å²) in [5, 5.41) is 7.90. The van der Waals surface area contributed by atoms with Crippen LogP contribution in [0, 0.1) is 5.82 Å². The van der Waals surface area contributed by atoms with Crippen LogP contribution in [0.4, 0.5) is 10.1 Å². The molecule has 0 aliphatic carbocycles. The Kier molecular flexibility index (Phi) is 4.67. The van der Waals surface area contributed by atoms with Gasteiger partial charge in [-0.05, 0) is 18.2 Å². The molecule has 0 radical (unpaired) electrons. The molecule has 0 saturated carbocycles. The molecule has 24 heavy (non-hydrogen) atoms. The molecular weight excluding hydrogens is 331 g/mol. The van der Waals surface area contributed by atoms with E-state index in [2.05, 4.69) is 15.6 Å². The lowest BCUT2D eigenvalue weighted by Crippen LogP contribution is -2.22. The third-order valence-corrected chi connectivity index (χ3v) is 3.58. The van der Waals surface area contributed by atoms with Crippen LogP contribution in [0.25, 0.3) is 5.69 Å². The number of hydrogen-bond acceptors (Lipinski definition) is 4. The standard InChI is InChI=1S/C17H12ClFN4O/c18-16-15(22-20-10-12-6-4-5-9-14(12)19)11-21-23(17(16)24)13-7-2-1-3-8-13/h1-11,22H/b20-10-. The monoisotopic (exact) mass is 342 g/mol. The highest BCUT2D eigenvalue weighted by molar-refractivity contribution is 6.32. The fourth-order valence-corrected chi connectivity index (χ4v) is 2.19. The van der Waals surface area contributed by atoms with Crippen molar-refractivity contribution in [1.82, 2.24) is 9.78 Å². The van der Waals surface area contributed by atoms with Crippen LogP contribution in [-0.2, 0) is 0 Å². The number of hydrogen-bond donors (Lipinski definition) is 1. The summed E-state index contributed by atoms with van der Waals surface area (Å²) in [4.78, 5) is 12.3. The molecule has 0 amide bonds. The number of benzene rings is 2. The van der Waals surface area contributed by atoms with E-state index >= 15 is 0 Å². The molecule has 0 atom stereocenters. The Balaban J connectivity index is 1.84. The highest BCUT2D eigenvalue weighted by Gasteiger charge is 2.10. The Labute approximate surface area is 142 Å². The summed E-state index contributed by atoms with van der Waals surface area (Å²) in [6, 6.07) is 15.1. The van der Waals surface area contributed by atoms with Gasteiger partial charge in [-0.2, -0.15) is 14.9 Å². The van der Waals surface area contributed by atoms with Gasteiger partial charge in [0.2, 0.25) is 0 Å². The Morgan fingerprint density at radius 3 is 2.58 bits per heavy atom. The normalized spacial score (nSPS) is 10.9. The molecule has 1 aromatic heterocycles. The summed E-state index contributed by atoms with van der Waals surface area (Å²) >= 11 is 6.08. The SMILES string of the molecule is O=c1c(Cl)c(N/N=C\c2ccccc2F)cnn1-c1ccccc1. The number of hydrazone groups is 1. The van der Waals surface area contributed by atoms with Crippen LogP contribution in [0.1, 0.15) is 5.56 Å². The second-order valence-corrected chi connectivity index (χ2v) is 5.19. The molecule has 2 aromatic carbocycles. The third-order valence-electron chi connectivity index (χ3n) is 3.21. The van der Waals surface area contributed by atoms with Gasteiger partial charge in [-0.3, -0.25) is 10.2 Å². The zero-order valence-electron chi connectivity index (χ0n) is 12.4. The molecule has 0 bridgehead atoms. The minimum atomic E-state index is -0.478. The topological polar surface area (TPSA) is 59.3 Å². The fraction of sp³-hybridized carbons (Fsp3) is 0. The molecule has 3 rings (SSSR count). The van der Waals surface area contributed by atoms with Gasteiger partial charge in [-0.15, -0.1) is 0 Å². The number of nitrogens with one attached hydrogen (secondary N) is 1. The molecule has 120 valence electrons. The summed E-state index contributed by atoms with van der Waals surface area (Å²) in [5.41, 5.74) is 3.28. The van der Waals surface area contributed by atoms with Gasteiger partial charge in [0.1, 0.15) is 16.5 Å². The zero-order chi connectivity index (χ0) is 16.9. The molecule has 1 heterocycles. The van der Waals surface area contributed by atoms with E-state index in [1.54, 1.807) is 42.5 Å². The lowest BCUT2D eigenvalue weighted by atomic mass is 10.2. The van der Waals surface area contributed by atoms with E-state index in [4.69, 9.17) is 11.6 Å². The average molecular weight is 343 g/mol. The molecule has 0 aliphatic heterocycles. The van der Waals surface area contributed by atoms with Crippen LogP contribution in [0.15, 0.2) is 70.7 Å². The van der Waals surface area contributed by atoms with Gasteiger partial charge < -0.3 is 0 Å². The number of para-hydroxylation sites is 1. The Morgan fingerprint density at radius 1 is 1.12 bits per heavy atom. The predicted molar refractivity (Wildman–Crippen MR) is 92.5 cm³/mol. The Bertz CT molecular complexity index is 941. The summed E-state index contributed by atoms with van der Waals surface area (Å²) in [6.45, 7) is 0. The highest BCUT2D eigenvalue weighted by atomic mass is 35.5. The predicted octanol–water partition coefficient (Wildman–Crippen LogP) is 3.47. The Morgan fingerprint density at radius 2 is 1.83 bits per heavy atom. The molecular formula is C17H12ClFN4O. The maximum absolute atomic E-state index is 13.5. The summed E-state index contributed by atoms with van der Waals surface area (Å²) < 4.78 is 14.7. The van der Waals surface area contributed by atoms with E-state index in [0.29, 0.717) is 11.3 Å². The first kappa shape index (κ1) is 15.9. The van der Waals surface area contributed by atoms with Crippen LogP contribution < -0.4 is 11.0 Å². The first-order chi connectivity index (χ1) is 11.7. The second-order valence-electron chi connectivity index (χ2n) is 4.82. The van der Waals surface area contributed by atoms with Crippen molar-refractivity contribution in [3.05, 3.63) is 87.6 Å². The Hall–Kier alpha value is -2.99. The van der Waals surface area contributed by atoms with Gasteiger partial charge in [0.15, 0.2) is 0 Å². The minimum Gasteiger partial charge on any atom is -0.275 e. The van der Waals surface area contributed by atoms with Crippen molar-refractivity contribution in [2.75, 3.05) is 5.43 Å². The summed E-state index contributed by atoms with van der Waals surface area (Å²) in [5.74, 6) is -0.397. The van der Waals surface area contributed by atoms with E-state index in [0.717, 1.165) is 0 Å². The van der Waals surface area contributed by atoms with Crippen LogP contribution in [0.5, 0.6) is 0 Å². The van der Waals surface area contributed by atoms with E-state index in [9.17, 15) is 9.18 Å². The van der Waals surface area contributed by atoms with Gasteiger partial charge >= 0.3 is 0 Å². The first-order valence-electron chi connectivity index (χ1n) is 7.03. The molecule has 0 unspecified atom stereocenters. The number of rotatable bonds is 4. The van der Waals surface area contributed by atoms with E-state index in [1.807, 2.05) is 6.07 Å². The summed E-state index contributed by atoms with van der Waals surface area (Å²) in [7, 11) is 0. The first-order valence-corrected chi connectivity index (χ1v) is 7.41. The lowest BCUT2D eigenvalue weighted by molar-refractivity contribution is 0.626. The van der Waals surface area contributed by atoms with Crippen LogP contribution in [-0.4, -0.2) is 16.0 Å². The molecule has 0 spiro atoms. The maximum atomic E-state index is 13.5. The second kappa shape index (κ2) is 7.06. The number of anilines is 1. The molecule has 0 fully saturated rings. The van der Waals surface area contributed by atoms with Crippen molar-refractivity contribution >= 4 is 23.5 Å². The lowest BCUT2D eigenvalue weighted by Gasteiger charge is -2.07. The van der Waals surface area contributed by atoms with Crippen molar-refractivity contribution < 1.29 is 4.39 Å². The van der Waals surface area contributed by atoms with Gasteiger partial charge in [0.25, 0.3) is 5.56 Å². The zero-order valence-corrected chi connectivity index (χ0v) is 13.1. The van der Waals surface area contributed by atoms with Crippen molar-refractivity contribution in [3.8, 4) is 5.69 Å². The molecule has 0 aliphatic rings. The molecule has 3 aromatic rings. The van der Waals surface area contributed by atoms with Crippen LogP contribution in [0.2, 0.25) is 5.02 Å². The van der Waals surface area contributed by atoms with Gasteiger partial charge in [-0.1, -0.05) is 48.0 Å². The molecule has 7 heteroatoms. The minimum absolute atomic E-state index is 0.0560. The van der Waals surface area contributed by atoms with E-state index in [1.165, 1.54) is 23.2 Å². The van der Waals surface area contributed by atoms with Crippen molar-refractivity contribution in [2.24, 2.45) is 5.10 Å². The van der Waals surface area contributed by atoms with Crippen molar-refractivity contribution in [2.45, 2.75) is 0 Å². The average Bonchev–Trinajstić information content (AvgIpc) is 2.61. The fourth-order valence-electron chi connectivity index (χ4n) is 2.01. The smallest absolute Gasteiger partial charge is 0.275 e. The number of halogens is 2. The van der Waals surface area contributed by atoms with E-state index in [-0.39, 0.29) is 10.7 Å². The van der Waals surface area contributed by atoms with Gasteiger partial charge in [0, 0.05) is 5.56 Å². The summed E-state index contributed by atoms with van der Waals surface area (Å²) in [6.07, 6.45) is 2.68. The largest absolute Gasteiger partial charge is 0.292 e. The van der Waals surface area contributed by atoms with Gasteiger partial charge in [-0.25, -0.2) is 4.39 Å². The van der Waals surface area contributed by atoms with Crippen LogP contribution in [0.3, 0.4) is 0 Å². The number of nitrogens with zero attached hydrogens (tertiary/aromatic N) is 3. The van der Waals surface area contributed by atoms with Gasteiger partial charge in [0.05, 0.1) is 18.1 Å². The molecule has 1 N–H and O–H groups in total. The molecule has 0 saturated heterocycles. The third kappa shape index (κ3) is 3.33. The number of aromatic nitrogens is 2. The van der Waals surface area contributed by atoms with Crippen molar-refractivity contribution in [3.63, 3.8) is 0 Å². The van der Waals surface area contributed by atoms with E-state index < -0.39 is 11.4 Å². The van der Waals surface area contributed by atoms with Crippen LogP contribution >= 0.6 is 11.6 Å². The van der Waals surface area contributed by atoms with Crippen molar-refractivity contribution in [1.29, 1.82) is 0 Å². The highest BCUT2D eigenvalue weighted by Crippen LogP contribution is 2.16. The quantitative estimate of drug-likeness (QED) is 0.583.